The van der Waals surface area contributed by atoms with Gasteiger partial charge in [0, 0.05) is 11.8 Å². The third kappa shape index (κ3) is 7.31. The van der Waals surface area contributed by atoms with E-state index < -0.39 is 21.8 Å². The predicted molar refractivity (Wildman–Crippen MR) is 141 cm³/mol. The Labute approximate surface area is 217 Å². The van der Waals surface area contributed by atoms with Crippen molar-refractivity contribution in [3.05, 3.63) is 71.4 Å². The number of nitrogens with one attached hydrogen (secondary N) is 1. The lowest BCUT2D eigenvalue weighted by atomic mass is 9.92. The van der Waals surface area contributed by atoms with Crippen molar-refractivity contribution < 1.29 is 21.6 Å². The lowest BCUT2D eigenvalue weighted by Crippen LogP contribution is -2.19. The standard InChI is InChI=1S/C28H34F3N3O2S/c1-4-6-7-8-9-14-21(5-2)23-16-12-19-32-27(23)37(35,36)34-25-18-17-24(28(29,30)31)26(33-25)22-15-11-10-13-20(22)3/h10-13,15-19,21H,4-9,14H2,1-3H3,(H,33,34). The lowest BCUT2D eigenvalue weighted by molar-refractivity contribution is -0.137. The van der Waals surface area contributed by atoms with Crippen LogP contribution in [0.2, 0.25) is 0 Å². The van der Waals surface area contributed by atoms with E-state index in [1.807, 2.05) is 6.92 Å². The van der Waals surface area contributed by atoms with Gasteiger partial charge >= 0.3 is 6.18 Å². The highest BCUT2D eigenvalue weighted by atomic mass is 32.2. The fourth-order valence-electron chi connectivity index (χ4n) is 4.49. The molecule has 0 aliphatic carbocycles. The molecule has 0 saturated heterocycles. The van der Waals surface area contributed by atoms with E-state index in [1.165, 1.54) is 18.7 Å². The van der Waals surface area contributed by atoms with E-state index in [-0.39, 0.29) is 28.0 Å². The lowest BCUT2D eigenvalue weighted by Gasteiger charge is -2.19. The molecule has 1 atom stereocenters. The largest absolute Gasteiger partial charge is 0.418 e. The molecule has 2 aromatic heterocycles. The number of aryl methyl sites for hydroxylation is 1. The van der Waals surface area contributed by atoms with Crippen LogP contribution in [0, 0.1) is 6.92 Å². The number of anilines is 1. The third-order valence-corrected chi connectivity index (χ3v) is 7.81. The highest BCUT2D eigenvalue weighted by Gasteiger charge is 2.35. The van der Waals surface area contributed by atoms with Gasteiger partial charge in [0.25, 0.3) is 10.0 Å². The fourth-order valence-corrected chi connectivity index (χ4v) is 5.72. The number of unbranched alkanes of at least 4 members (excludes halogenated alkanes) is 4. The summed E-state index contributed by atoms with van der Waals surface area (Å²) in [4.78, 5) is 8.28. The van der Waals surface area contributed by atoms with Crippen molar-refractivity contribution in [2.24, 2.45) is 0 Å². The van der Waals surface area contributed by atoms with E-state index in [0.29, 0.717) is 11.1 Å². The van der Waals surface area contributed by atoms with Crippen molar-refractivity contribution in [1.29, 1.82) is 0 Å². The van der Waals surface area contributed by atoms with Crippen molar-refractivity contribution in [2.75, 3.05) is 4.72 Å². The molecule has 200 valence electrons. The molecule has 3 rings (SSSR count). The summed E-state index contributed by atoms with van der Waals surface area (Å²) in [6.45, 7) is 5.85. The second-order valence-corrected chi connectivity index (χ2v) is 10.8. The number of hydrogen-bond acceptors (Lipinski definition) is 4. The molecule has 1 unspecified atom stereocenters. The van der Waals surface area contributed by atoms with Gasteiger partial charge in [0.05, 0.1) is 11.3 Å². The molecule has 3 aromatic rings. The Morgan fingerprint density at radius 2 is 1.68 bits per heavy atom. The SMILES string of the molecule is CCCCCCCC(CC)c1cccnc1S(=O)(=O)Nc1ccc(C(F)(F)F)c(-c2ccccc2C)n1. The first-order valence-electron chi connectivity index (χ1n) is 12.7. The molecule has 0 radical (unpaired) electrons. The Balaban J connectivity index is 1.95. The van der Waals surface area contributed by atoms with Crippen molar-refractivity contribution in [3.63, 3.8) is 0 Å². The third-order valence-electron chi connectivity index (χ3n) is 6.48. The van der Waals surface area contributed by atoms with Gasteiger partial charge in [-0.3, -0.25) is 4.72 Å². The average Bonchev–Trinajstić information content (AvgIpc) is 2.85. The second kappa shape index (κ2) is 12.5. The number of alkyl halides is 3. The van der Waals surface area contributed by atoms with E-state index in [1.54, 1.807) is 37.3 Å². The summed E-state index contributed by atoms with van der Waals surface area (Å²) in [6, 6.07) is 11.9. The van der Waals surface area contributed by atoms with Crippen LogP contribution in [0.3, 0.4) is 0 Å². The average molecular weight is 534 g/mol. The zero-order chi connectivity index (χ0) is 27.1. The molecular formula is C28H34F3N3O2S. The summed E-state index contributed by atoms with van der Waals surface area (Å²) < 4.78 is 70.5. The van der Waals surface area contributed by atoms with Crippen LogP contribution in [-0.4, -0.2) is 18.4 Å². The maximum absolute atomic E-state index is 13.8. The molecule has 5 nitrogen and oxygen atoms in total. The van der Waals surface area contributed by atoms with Gasteiger partial charge in [-0.1, -0.05) is 76.3 Å². The first-order chi connectivity index (χ1) is 17.6. The number of nitrogens with zero attached hydrogens (tertiary/aromatic N) is 2. The van der Waals surface area contributed by atoms with E-state index >= 15 is 0 Å². The van der Waals surface area contributed by atoms with Crippen LogP contribution in [0.5, 0.6) is 0 Å². The minimum atomic E-state index is -4.65. The van der Waals surface area contributed by atoms with Gasteiger partial charge < -0.3 is 0 Å². The number of sulfonamides is 1. The van der Waals surface area contributed by atoms with Crippen molar-refractivity contribution in [3.8, 4) is 11.3 Å². The van der Waals surface area contributed by atoms with Gasteiger partial charge in [0.2, 0.25) is 0 Å². The van der Waals surface area contributed by atoms with Gasteiger partial charge in [-0.2, -0.15) is 21.6 Å². The second-order valence-electron chi connectivity index (χ2n) is 9.22. The first-order valence-corrected chi connectivity index (χ1v) is 14.2. The number of hydrogen-bond donors (Lipinski definition) is 1. The molecular weight excluding hydrogens is 499 g/mol. The maximum atomic E-state index is 13.8. The summed E-state index contributed by atoms with van der Waals surface area (Å²) >= 11 is 0. The topological polar surface area (TPSA) is 72.0 Å². The summed E-state index contributed by atoms with van der Waals surface area (Å²) in [5, 5.41) is -0.116. The van der Waals surface area contributed by atoms with Crippen LogP contribution in [-0.2, 0) is 16.2 Å². The van der Waals surface area contributed by atoms with E-state index in [4.69, 9.17) is 0 Å². The molecule has 1 aromatic carbocycles. The molecule has 0 spiro atoms. The van der Waals surface area contributed by atoms with Crippen LogP contribution >= 0.6 is 0 Å². The highest BCUT2D eigenvalue weighted by Crippen LogP contribution is 2.38. The van der Waals surface area contributed by atoms with E-state index in [2.05, 4.69) is 21.6 Å². The minimum absolute atomic E-state index is 0.00463. The number of halogens is 3. The summed E-state index contributed by atoms with van der Waals surface area (Å²) in [7, 11) is -4.20. The van der Waals surface area contributed by atoms with Crippen molar-refractivity contribution in [1.82, 2.24) is 9.97 Å². The Kier molecular flexibility index (Phi) is 9.70. The predicted octanol–water partition coefficient (Wildman–Crippen LogP) is 8.13. The van der Waals surface area contributed by atoms with Crippen LogP contribution < -0.4 is 4.72 Å². The fraction of sp³-hybridized carbons (Fsp3) is 0.429. The molecule has 0 aliphatic rings. The molecule has 37 heavy (non-hydrogen) atoms. The molecule has 0 aliphatic heterocycles. The number of rotatable bonds is 12. The Morgan fingerprint density at radius 1 is 0.946 bits per heavy atom. The zero-order valence-corrected chi connectivity index (χ0v) is 22.3. The van der Waals surface area contributed by atoms with Gasteiger partial charge in [-0.25, -0.2) is 9.97 Å². The van der Waals surface area contributed by atoms with Crippen molar-refractivity contribution in [2.45, 2.75) is 82.8 Å². The van der Waals surface area contributed by atoms with E-state index in [0.717, 1.165) is 50.7 Å². The highest BCUT2D eigenvalue weighted by molar-refractivity contribution is 7.92. The summed E-state index contributed by atoms with van der Waals surface area (Å²) in [6.07, 6.45) is 3.89. The van der Waals surface area contributed by atoms with Crippen LogP contribution in [0.1, 0.15) is 81.4 Å². The van der Waals surface area contributed by atoms with E-state index in [9.17, 15) is 21.6 Å². The molecule has 0 amide bonds. The van der Waals surface area contributed by atoms with Crippen LogP contribution in [0.15, 0.2) is 59.8 Å². The summed E-state index contributed by atoms with van der Waals surface area (Å²) in [5.41, 5.74) is 0.225. The molecule has 2 heterocycles. The Morgan fingerprint density at radius 3 is 2.35 bits per heavy atom. The molecule has 1 N–H and O–H groups in total. The summed E-state index contributed by atoms with van der Waals surface area (Å²) in [5.74, 6) is -0.194. The van der Waals surface area contributed by atoms with Crippen LogP contribution in [0.25, 0.3) is 11.3 Å². The molecule has 9 heteroatoms. The zero-order valence-electron chi connectivity index (χ0n) is 21.5. The smallest absolute Gasteiger partial charge is 0.262 e. The van der Waals surface area contributed by atoms with Gasteiger partial charge in [-0.15, -0.1) is 0 Å². The number of pyridine rings is 2. The molecule has 0 saturated carbocycles. The van der Waals surface area contributed by atoms with Crippen molar-refractivity contribution >= 4 is 15.8 Å². The Hall–Kier alpha value is -2.94. The maximum Gasteiger partial charge on any atom is 0.418 e. The Bertz CT molecular complexity index is 1290. The normalized spacial score (nSPS) is 12.9. The minimum Gasteiger partial charge on any atom is -0.262 e. The number of benzene rings is 1. The van der Waals surface area contributed by atoms with Crippen LogP contribution in [0.4, 0.5) is 19.0 Å². The van der Waals surface area contributed by atoms with Gasteiger partial charge in [0.1, 0.15) is 5.82 Å². The number of aromatic nitrogens is 2. The molecule has 0 bridgehead atoms. The monoisotopic (exact) mass is 533 g/mol. The first kappa shape index (κ1) is 28.6. The quantitative estimate of drug-likeness (QED) is 0.239. The van der Waals surface area contributed by atoms with Gasteiger partial charge in [-0.05, 0) is 55.0 Å². The van der Waals surface area contributed by atoms with Gasteiger partial charge in [0.15, 0.2) is 5.03 Å². The molecule has 0 fully saturated rings.